The fourth-order valence-corrected chi connectivity index (χ4v) is 2.18. The summed E-state index contributed by atoms with van der Waals surface area (Å²) < 4.78 is 0. The van der Waals surface area contributed by atoms with Crippen molar-refractivity contribution < 1.29 is 5.11 Å². The topological polar surface area (TPSA) is 36.0 Å². The summed E-state index contributed by atoms with van der Waals surface area (Å²) >= 11 is 0. The minimum atomic E-state index is 0.214. The van der Waals surface area contributed by atoms with Crippen molar-refractivity contribution in [1.29, 1.82) is 0 Å². The zero-order valence-corrected chi connectivity index (χ0v) is 9.79. The molecule has 2 nitrogen and oxygen atoms in total. The standard InChI is InChI=1S/C14H19NO/c1-2-3-5-11-6-4-7-13-12(8-9-16)10-15-14(11)13/h4,6-7,10,15-16H,2-3,5,8-9H2,1H3. The van der Waals surface area contributed by atoms with Crippen LogP contribution in [0.15, 0.2) is 24.4 Å². The van der Waals surface area contributed by atoms with Crippen LogP contribution in [0, 0.1) is 0 Å². The van der Waals surface area contributed by atoms with Crippen LogP contribution in [-0.2, 0) is 12.8 Å². The number of H-pyrrole nitrogens is 1. The van der Waals surface area contributed by atoms with E-state index in [1.165, 1.54) is 34.9 Å². The van der Waals surface area contributed by atoms with Gasteiger partial charge in [-0.2, -0.15) is 0 Å². The molecule has 0 saturated carbocycles. The van der Waals surface area contributed by atoms with E-state index in [9.17, 15) is 0 Å². The summed E-state index contributed by atoms with van der Waals surface area (Å²) in [5.41, 5.74) is 3.86. The van der Waals surface area contributed by atoms with Crippen molar-refractivity contribution in [3.05, 3.63) is 35.5 Å². The van der Waals surface area contributed by atoms with Crippen LogP contribution in [0.1, 0.15) is 30.9 Å². The molecule has 0 spiro atoms. The number of benzene rings is 1. The van der Waals surface area contributed by atoms with Gasteiger partial charge in [-0.3, -0.25) is 0 Å². The average molecular weight is 217 g/mol. The van der Waals surface area contributed by atoms with Crippen LogP contribution in [0.3, 0.4) is 0 Å². The number of aliphatic hydroxyl groups is 1. The third kappa shape index (κ3) is 2.12. The van der Waals surface area contributed by atoms with Gasteiger partial charge < -0.3 is 10.1 Å². The number of para-hydroxylation sites is 1. The fourth-order valence-electron chi connectivity index (χ4n) is 2.18. The third-order valence-corrected chi connectivity index (χ3v) is 3.07. The van der Waals surface area contributed by atoms with Gasteiger partial charge in [0, 0.05) is 23.7 Å². The molecule has 0 radical (unpaired) electrons. The Morgan fingerprint density at radius 1 is 1.19 bits per heavy atom. The minimum absolute atomic E-state index is 0.214. The molecule has 2 heteroatoms. The van der Waals surface area contributed by atoms with Crippen LogP contribution < -0.4 is 0 Å². The van der Waals surface area contributed by atoms with E-state index in [0.717, 1.165) is 12.8 Å². The monoisotopic (exact) mass is 217 g/mol. The second-order valence-corrected chi connectivity index (χ2v) is 4.23. The number of aryl methyl sites for hydroxylation is 1. The van der Waals surface area contributed by atoms with E-state index in [-0.39, 0.29) is 6.61 Å². The summed E-state index contributed by atoms with van der Waals surface area (Å²) in [7, 11) is 0. The highest BCUT2D eigenvalue weighted by atomic mass is 16.2. The predicted molar refractivity (Wildman–Crippen MR) is 67.7 cm³/mol. The quantitative estimate of drug-likeness (QED) is 0.793. The van der Waals surface area contributed by atoms with E-state index >= 15 is 0 Å². The zero-order chi connectivity index (χ0) is 11.4. The number of nitrogens with one attached hydrogen (secondary N) is 1. The number of unbranched alkanes of at least 4 members (excludes halogenated alkanes) is 1. The van der Waals surface area contributed by atoms with Gasteiger partial charge in [0.05, 0.1) is 0 Å². The SMILES string of the molecule is CCCCc1cccc2c(CCO)c[nH]c12. The number of hydrogen-bond acceptors (Lipinski definition) is 1. The molecule has 0 saturated heterocycles. The number of aliphatic hydroxyl groups excluding tert-OH is 1. The highest BCUT2D eigenvalue weighted by Crippen LogP contribution is 2.23. The van der Waals surface area contributed by atoms with Crippen molar-refractivity contribution in [2.45, 2.75) is 32.6 Å². The van der Waals surface area contributed by atoms with Gasteiger partial charge in [-0.05, 0) is 30.4 Å². The lowest BCUT2D eigenvalue weighted by molar-refractivity contribution is 0.300. The first-order valence-corrected chi connectivity index (χ1v) is 6.05. The van der Waals surface area contributed by atoms with E-state index in [1.54, 1.807) is 0 Å². The highest BCUT2D eigenvalue weighted by molar-refractivity contribution is 5.86. The number of fused-ring (bicyclic) bond motifs is 1. The summed E-state index contributed by atoms with van der Waals surface area (Å²) in [6.07, 6.45) is 6.34. The number of aromatic nitrogens is 1. The van der Waals surface area contributed by atoms with E-state index in [2.05, 4.69) is 30.1 Å². The Labute approximate surface area is 96.3 Å². The van der Waals surface area contributed by atoms with Gasteiger partial charge in [-0.15, -0.1) is 0 Å². The molecular weight excluding hydrogens is 198 g/mol. The van der Waals surface area contributed by atoms with Crippen LogP contribution in [0.4, 0.5) is 0 Å². The van der Waals surface area contributed by atoms with Crippen LogP contribution in [0.25, 0.3) is 10.9 Å². The van der Waals surface area contributed by atoms with Gasteiger partial charge in [0.1, 0.15) is 0 Å². The molecular formula is C14H19NO. The molecule has 1 aromatic heterocycles. The van der Waals surface area contributed by atoms with Crippen LogP contribution >= 0.6 is 0 Å². The van der Waals surface area contributed by atoms with Crippen molar-refractivity contribution in [2.24, 2.45) is 0 Å². The Morgan fingerprint density at radius 2 is 2.06 bits per heavy atom. The van der Waals surface area contributed by atoms with E-state index in [4.69, 9.17) is 5.11 Å². The fraction of sp³-hybridized carbons (Fsp3) is 0.429. The van der Waals surface area contributed by atoms with Crippen molar-refractivity contribution >= 4 is 10.9 Å². The van der Waals surface area contributed by atoms with Gasteiger partial charge in [0.2, 0.25) is 0 Å². The van der Waals surface area contributed by atoms with Crippen LogP contribution in [0.5, 0.6) is 0 Å². The van der Waals surface area contributed by atoms with E-state index in [1.807, 2.05) is 6.20 Å². The van der Waals surface area contributed by atoms with E-state index < -0.39 is 0 Å². The Kier molecular flexibility index (Phi) is 3.62. The Balaban J connectivity index is 2.36. The minimum Gasteiger partial charge on any atom is -0.396 e. The Bertz CT molecular complexity index is 459. The lowest BCUT2D eigenvalue weighted by Crippen LogP contribution is -1.89. The maximum atomic E-state index is 8.99. The molecule has 0 aliphatic heterocycles. The molecule has 0 unspecified atom stereocenters. The molecule has 16 heavy (non-hydrogen) atoms. The van der Waals surface area contributed by atoms with Gasteiger partial charge in [-0.25, -0.2) is 0 Å². The van der Waals surface area contributed by atoms with Crippen LogP contribution in [0.2, 0.25) is 0 Å². The maximum Gasteiger partial charge on any atom is 0.0489 e. The molecule has 0 aliphatic rings. The third-order valence-electron chi connectivity index (χ3n) is 3.07. The average Bonchev–Trinajstić information content (AvgIpc) is 2.71. The molecule has 0 atom stereocenters. The van der Waals surface area contributed by atoms with Crippen molar-refractivity contribution in [3.8, 4) is 0 Å². The number of rotatable bonds is 5. The molecule has 1 heterocycles. The summed E-state index contributed by atoms with van der Waals surface area (Å²) in [5.74, 6) is 0. The summed E-state index contributed by atoms with van der Waals surface area (Å²) in [6.45, 7) is 2.43. The molecule has 0 fully saturated rings. The molecule has 2 rings (SSSR count). The van der Waals surface area contributed by atoms with Gasteiger partial charge >= 0.3 is 0 Å². The normalized spacial score (nSPS) is 11.1. The first kappa shape index (κ1) is 11.2. The molecule has 1 aromatic carbocycles. The second kappa shape index (κ2) is 5.17. The molecule has 0 amide bonds. The number of aromatic amines is 1. The molecule has 2 aromatic rings. The predicted octanol–water partition coefficient (Wildman–Crippen LogP) is 3.05. The van der Waals surface area contributed by atoms with Gasteiger partial charge in [-0.1, -0.05) is 31.5 Å². The van der Waals surface area contributed by atoms with Crippen molar-refractivity contribution in [2.75, 3.05) is 6.61 Å². The smallest absolute Gasteiger partial charge is 0.0489 e. The molecule has 0 aliphatic carbocycles. The van der Waals surface area contributed by atoms with Crippen molar-refractivity contribution in [3.63, 3.8) is 0 Å². The highest BCUT2D eigenvalue weighted by Gasteiger charge is 2.06. The summed E-state index contributed by atoms with van der Waals surface area (Å²) in [6, 6.07) is 6.44. The lowest BCUT2D eigenvalue weighted by atomic mass is 10.0. The lowest BCUT2D eigenvalue weighted by Gasteiger charge is -2.02. The first-order valence-electron chi connectivity index (χ1n) is 6.05. The van der Waals surface area contributed by atoms with Gasteiger partial charge in [0.25, 0.3) is 0 Å². The summed E-state index contributed by atoms with van der Waals surface area (Å²) in [4.78, 5) is 3.34. The maximum absolute atomic E-state index is 8.99. The Morgan fingerprint density at radius 3 is 2.81 bits per heavy atom. The molecule has 0 bridgehead atoms. The van der Waals surface area contributed by atoms with E-state index in [0.29, 0.717) is 0 Å². The van der Waals surface area contributed by atoms with Crippen LogP contribution in [-0.4, -0.2) is 16.7 Å². The summed E-state index contributed by atoms with van der Waals surface area (Å²) in [5, 5.41) is 10.3. The largest absolute Gasteiger partial charge is 0.396 e. The molecule has 86 valence electrons. The Hall–Kier alpha value is -1.28. The number of hydrogen-bond donors (Lipinski definition) is 2. The molecule has 2 N–H and O–H groups in total. The second-order valence-electron chi connectivity index (χ2n) is 4.23. The first-order chi connectivity index (χ1) is 7.86. The van der Waals surface area contributed by atoms with Gasteiger partial charge in [0.15, 0.2) is 0 Å². The van der Waals surface area contributed by atoms with Crippen molar-refractivity contribution in [1.82, 2.24) is 4.98 Å². The zero-order valence-electron chi connectivity index (χ0n) is 9.79.